The Morgan fingerprint density at radius 2 is 2.28 bits per heavy atom. The van der Waals surface area contributed by atoms with Gasteiger partial charge in [-0.25, -0.2) is 0 Å². The minimum atomic E-state index is -0.373. The second kappa shape index (κ2) is 7.23. The zero-order chi connectivity index (χ0) is 13.5. The third-order valence-corrected chi connectivity index (χ3v) is 3.64. The van der Waals surface area contributed by atoms with Crippen LogP contribution in [-0.2, 0) is 5.75 Å². The maximum Gasteiger partial charge on any atom is 0.292 e. The smallest absolute Gasteiger partial charge is 0.292 e. The average Bonchev–Trinajstić information content (AvgIpc) is 2.37. The molecule has 0 aromatic heterocycles. The summed E-state index contributed by atoms with van der Waals surface area (Å²) < 4.78 is 0. The lowest BCUT2D eigenvalue weighted by Gasteiger charge is -2.09. The number of nitro benzene ring substituents is 1. The monoisotopic (exact) mass is 270 g/mol. The number of benzene rings is 1. The van der Waals surface area contributed by atoms with Crippen molar-refractivity contribution in [3.8, 4) is 0 Å². The molecule has 0 amide bonds. The molecule has 0 heterocycles. The van der Waals surface area contributed by atoms with E-state index in [2.05, 4.69) is 5.32 Å². The van der Waals surface area contributed by atoms with E-state index in [9.17, 15) is 10.1 Å². The topological polar surface area (TPSA) is 75.4 Å². The van der Waals surface area contributed by atoms with E-state index in [1.165, 1.54) is 0 Å². The van der Waals surface area contributed by atoms with Crippen molar-refractivity contribution in [2.24, 2.45) is 0 Å². The quantitative estimate of drug-likeness (QED) is 0.588. The Morgan fingerprint density at radius 3 is 2.83 bits per heavy atom. The van der Waals surface area contributed by atoms with Crippen LogP contribution in [0.4, 0.5) is 11.4 Å². The number of rotatable bonds is 7. The number of aliphatic hydroxyl groups excluding tert-OH is 1. The summed E-state index contributed by atoms with van der Waals surface area (Å²) in [6.07, 6.45) is 0. The van der Waals surface area contributed by atoms with E-state index in [0.717, 1.165) is 5.56 Å². The van der Waals surface area contributed by atoms with E-state index in [-0.39, 0.29) is 22.5 Å². The van der Waals surface area contributed by atoms with E-state index in [0.29, 0.717) is 18.0 Å². The molecule has 1 atom stereocenters. The molecular formula is C12H18N2O3S. The number of nitrogens with zero attached hydrogens (tertiary/aromatic N) is 1. The van der Waals surface area contributed by atoms with Crippen LogP contribution in [-0.4, -0.2) is 28.4 Å². The number of nitrogens with one attached hydrogen (secondary N) is 1. The highest BCUT2D eigenvalue weighted by molar-refractivity contribution is 7.99. The average molecular weight is 270 g/mol. The first kappa shape index (κ1) is 14.8. The molecule has 0 aliphatic rings. The first-order valence-electron chi connectivity index (χ1n) is 5.82. The fraction of sp³-hybridized carbons (Fsp3) is 0.500. The normalized spacial score (nSPS) is 12.2. The molecule has 1 unspecified atom stereocenters. The van der Waals surface area contributed by atoms with Crippen LogP contribution in [0.15, 0.2) is 18.2 Å². The molecule has 0 radical (unpaired) electrons. The lowest BCUT2D eigenvalue weighted by molar-refractivity contribution is -0.384. The van der Waals surface area contributed by atoms with Crippen LogP contribution in [0.2, 0.25) is 0 Å². The van der Waals surface area contributed by atoms with Gasteiger partial charge >= 0.3 is 0 Å². The molecule has 0 aliphatic heterocycles. The molecule has 1 aromatic carbocycles. The highest BCUT2D eigenvalue weighted by Crippen LogP contribution is 2.28. The van der Waals surface area contributed by atoms with Crippen LogP contribution in [0.3, 0.4) is 0 Å². The molecular weight excluding hydrogens is 252 g/mol. The molecule has 1 rings (SSSR count). The van der Waals surface area contributed by atoms with Crippen LogP contribution >= 0.6 is 11.8 Å². The Bertz CT molecular complexity index is 412. The van der Waals surface area contributed by atoms with Crippen molar-refractivity contribution in [3.63, 3.8) is 0 Å². The van der Waals surface area contributed by atoms with Crippen molar-refractivity contribution in [2.75, 3.05) is 18.5 Å². The van der Waals surface area contributed by atoms with Crippen molar-refractivity contribution in [1.82, 2.24) is 0 Å². The predicted octanol–water partition coefficient (Wildman–Crippen LogP) is 2.64. The summed E-state index contributed by atoms with van der Waals surface area (Å²) in [5, 5.41) is 23.0. The lowest BCUT2D eigenvalue weighted by atomic mass is 10.2. The fourth-order valence-corrected chi connectivity index (χ4v) is 2.21. The number of nitro groups is 1. The minimum absolute atomic E-state index is 0.103. The van der Waals surface area contributed by atoms with Gasteiger partial charge < -0.3 is 10.4 Å². The summed E-state index contributed by atoms with van der Waals surface area (Å²) in [5.41, 5.74) is 1.55. The van der Waals surface area contributed by atoms with E-state index in [4.69, 9.17) is 5.11 Å². The van der Waals surface area contributed by atoms with Crippen molar-refractivity contribution in [2.45, 2.75) is 24.9 Å². The van der Waals surface area contributed by atoms with Gasteiger partial charge in [-0.3, -0.25) is 10.1 Å². The standard InChI is InChI=1S/C12H18N2O3S/c1-3-13-11-5-4-10(6-12(11)14(16)17)8-18-9(2)7-15/h4-6,9,13,15H,3,7-8H2,1-2H3. The molecule has 18 heavy (non-hydrogen) atoms. The zero-order valence-electron chi connectivity index (χ0n) is 10.5. The summed E-state index contributed by atoms with van der Waals surface area (Å²) in [4.78, 5) is 10.6. The molecule has 0 saturated heterocycles. The summed E-state index contributed by atoms with van der Waals surface area (Å²) in [5.74, 6) is 0.662. The van der Waals surface area contributed by atoms with Crippen LogP contribution in [0.1, 0.15) is 19.4 Å². The molecule has 0 bridgehead atoms. The van der Waals surface area contributed by atoms with Crippen LogP contribution in [0, 0.1) is 10.1 Å². The van der Waals surface area contributed by atoms with Gasteiger partial charge in [0.15, 0.2) is 0 Å². The van der Waals surface area contributed by atoms with E-state index < -0.39 is 0 Å². The summed E-state index contributed by atoms with van der Waals surface area (Å²) in [7, 11) is 0. The minimum Gasteiger partial charge on any atom is -0.395 e. The molecule has 1 aromatic rings. The largest absolute Gasteiger partial charge is 0.395 e. The van der Waals surface area contributed by atoms with Gasteiger partial charge in [0.1, 0.15) is 5.69 Å². The first-order chi connectivity index (χ1) is 8.58. The van der Waals surface area contributed by atoms with E-state index in [1.807, 2.05) is 19.9 Å². The maximum absolute atomic E-state index is 11.0. The molecule has 0 spiro atoms. The van der Waals surface area contributed by atoms with Crippen LogP contribution < -0.4 is 5.32 Å². The van der Waals surface area contributed by atoms with Gasteiger partial charge in [0, 0.05) is 23.6 Å². The van der Waals surface area contributed by atoms with Gasteiger partial charge in [0.2, 0.25) is 0 Å². The van der Waals surface area contributed by atoms with E-state index >= 15 is 0 Å². The van der Waals surface area contributed by atoms with Crippen molar-refractivity contribution < 1.29 is 10.0 Å². The number of aliphatic hydroxyl groups is 1. The predicted molar refractivity (Wildman–Crippen MR) is 75.1 cm³/mol. The van der Waals surface area contributed by atoms with Gasteiger partial charge in [0.05, 0.1) is 11.5 Å². The Balaban J connectivity index is 2.83. The van der Waals surface area contributed by atoms with Crippen molar-refractivity contribution in [1.29, 1.82) is 0 Å². The van der Waals surface area contributed by atoms with Gasteiger partial charge in [-0.2, -0.15) is 11.8 Å². The number of hydrogen-bond donors (Lipinski definition) is 2. The molecule has 0 aliphatic carbocycles. The summed E-state index contributed by atoms with van der Waals surface area (Å²) >= 11 is 1.58. The fourth-order valence-electron chi connectivity index (χ4n) is 1.45. The molecule has 6 heteroatoms. The number of hydrogen-bond acceptors (Lipinski definition) is 5. The Morgan fingerprint density at radius 1 is 1.56 bits per heavy atom. The molecule has 5 nitrogen and oxygen atoms in total. The summed E-state index contributed by atoms with van der Waals surface area (Å²) in [6, 6.07) is 5.21. The van der Waals surface area contributed by atoms with E-state index in [1.54, 1.807) is 23.9 Å². The molecule has 2 N–H and O–H groups in total. The SMILES string of the molecule is CCNc1ccc(CSC(C)CO)cc1[N+](=O)[O-]. The third kappa shape index (κ3) is 4.19. The second-order valence-corrected chi connectivity index (χ2v) is 5.37. The van der Waals surface area contributed by atoms with Crippen molar-refractivity contribution >= 4 is 23.1 Å². The van der Waals surface area contributed by atoms with Gasteiger partial charge in [-0.05, 0) is 18.6 Å². The highest BCUT2D eigenvalue weighted by atomic mass is 32.2. The second-order valence-electron chi connectivity index (χ2n) is 3.94. The van der Waals surface area contributed by atoms with Crippen molar-refractivity contribution in [3.05, 3.63) is 33.9 Å². The number of thioether (sulfide) groups is 1. The Kier molecular flexibility index (Phi) is 5.94. The van der Waals surface area contributed by atoms with Gasteiger partial charge in [-0.1, -0.05) is 13.0 Å². The van der Waals surface area contributed by atoms with Crippen LogP contribution in [0.25, 0.3) is 0 Å². The number of anilines is 1. The molecule has 0 saturated carbocycles. The lowest BCUT2D eigenvalue weighted by Crippen LogP contribution is -2.04. The zero-order valence-corrected chi connectivity index (χ0v) is 11.4. The Hall–Kier alpha value is -1.27. The van der Waals surface area contributed by atoms with Gasteiger partial charge in [-0.15, -0.1) is 0 Å². The first-order valence-corrected chi connectivity index (χ1v) is 6.87. The maximum atomic E-state index is 11.0. The van der Waals surface area contributed by atoms with Crippen LogP contribution in [0.5, 0.6) is 0 Å². The molecule has 0 fully saturated rings. The third-order valence-electron chi connectivity index (χ3n) is 2.42. The molecule has 100 valence electrons. The Labute approximate surface area is 111 Å². The highest BCUT2D eigenvalue weighted by Gasteiger charge is 2.14. The summed E-state index contributed by atoms with van der Waals surface area (Å²) in [6.45, 7) is 4.58. The van der Waals surface area contributed by atoms with Gasteiger partial charge in [0.25, 0.3) is 5.69 Å².